The molecule has 1 saturated carbocycles. The molecule has 15 heavy (non-hydrogen) atoms. The Morgan fingerprint density at radius 3 is 2.60 bits per heavy atom. The topological polar surface area (TPSA) is 30.5 Å². The Labute approximate surface area is 92.5 Å². The summed E-state index contributed by atoms with van der Waals surface area (Å²) in [6.07, 6.45) is 6.21. The highest BCUT2D eigenvalue weighted by molar-refractivity contribution is 4.91. The predicted octanol–water partition coefficient (Wildman–Crippen LogP) is 1.57. The molecule has 1 N–H and O–H groups in total. The Kier molecular flexibility index (Phi) is 4.00. The fraction of sp³-hybridized carbons (Fsp3) is 1.00. The molecule has 1 aliphatic carbocycles. The van der Waals surface area contributed by atoms with E-state index in [-0.39, 0.29) is 5.60 Å². The lowest BCUT2D eigenvalue weighted by atomic mass is 9.80. The molecule has 0 aromatic rings. The Balaban J connectivity index is 1.61. The summed E-state index contributed by atoms with van der Waals surface area (Å²) in [4.78, 5) is 0. The summed E-state index contributed by atoms with van der Waals surface area (Å²) >= 11 is 0. The second-order valence-corrected chi connectivity index (χ2v) is 4.93. The van der Waals surface area contributed by atoms with Gasteiger partial charge in [0.1, 0.15) is 0 Å². The molecule has 0 atom stereocenters. The van der Waals surface area contributed by atoms with Crippen molar-refractivity contribution >= 4 is 0 Å². The van der Waals surface area contributed by atoms with E-state index in [1.54, 1.807) is 0 Å². The number of ether oxygens (including phenoxy) is 2. The first kappa shape index (κ1) is 11.4. The molecule has 1 heterocycles. The maximum atomic E-state index is 5.58. The molecule has 2 fully saturated rings. The van der Waals surface area contributed by atoms with Gasteiger partial charge < -0.3 is 14.8 Å². The number of rotatable bonds is 5. The molecule has 3 heteroatoms. The van der Waals surface area contributed by atoms with Gasteiger partial charge in [0, 0.05) is 26.9 Å². The highest BCUT2D eigenvalue weighted by Gasteiger charge is 2.36. The van der Waals surface area contributed by atoms with E-state index in [1.807, 2.05) is 7.11 Å². The lowest BCUT2D eigenvalue weighted by Gasteiger charge is -2.41. The number of hydrogen-bond acceptors (Lipinski definition) is 3. The van der Waals surface area contributed by atoms with Crippen molar-refractivity contribution in [2.75, 3.05) is 33.4 Å². The first-order chi connectivity index (χ1) is 7.35. The summed E-state index contributed by atoms with van der Waals surface area (Å²) in [5, 5.41) is 3.57. The van der Waals surface area contributed by atoms with E-state index in [2.05, 4.69) is 5.32 Å². The molecule has 2 rings (SSSR count). The standard InChI is InChI=1S/C12H23NO2/c1-14-12(5-2-6-12)10-13-9-11-3-7-15-8-4-11/h11,13H,2-10H2,1H3. The van der Waals surface area contributed by atoms with E-state index in [0.717, 1.165) is 32.2 Å². The minimum atomic E-state index is 0.172. The average Bonchev–Trinajstić information content (AvgIpc) is 2.24. The van der Waals surface area contributed by atoms with Gasteiger partial charge in [-0.15, -0.1) is 0 Å². The van der Waals surface area contributed by atoms with Gasteiger partial charge in [0.05, 0.1) is 5.60 Å². The molecule has 0 bridgehead atoms. The molecule has 0 aromatic heterocycles. The van der Waals surface area contributed by atoms with Gasteiger partial charge in [0.2, 0.25) is 0 Å². The number of nitrogens with one attached hydrogen (secondary N) is 1. The molecule has 3 nitrogen and oxygen atoms in total. The van der Waals surface area contributed by atoms with Crippen LogP contribution in [0.5, 0.6) is 0 Å². The third kappa shape index (κ3) is 2.92. The Hall–Kier alpha value is -0.120. The van der Waals surface area contributed by atoms with Crippen LogP contribution in [-0.2, 0) is 9.47 Å². The highest BCUT2D eigenvalue weighted by atomic mass is 16.5. The number of methoxy groups -OCH3 is 1. The van der Waals surface area contributed by atoms with Gasteiger partial charge in [-0.3, -0.25) is 0 Å². The van der Waals surface area contributed by atoms with Crippen LogP contribution in [-0.4, -0.2) is 39.0 Å². The van der Waals surface area contributed by atoms with Gasteiger partial charge in [-0.25, -0.2) is 0 Å². The van der Waals surface area contributed by atoms with E-state index in [0.29, 0.717) is 0 Å². The van der Waals surface area contributed by atoms with Gasteiger partial charge in [0.25, 0.3) is 0 Å². The van der Waals surface area contributed by atoms with Crippen LogP contribution in [0.4, 0.5) is 0 Å². The SMILES string of the molecule is COC1(CNCC2CCOCC2)CCC1. The van der Waals surface area contributed by atoms with Crippen LogP contribution in [0, 0.1) is 5.92 Å². The summed E-state index contributed by atoms with van der Waals surface area (Å²) in [5.74, 6) is 0.813. The van der Waals surface area contributed by atoms with Crippen LogP contribution in [0.3, 0.4) is 0 Å². The summed E-state index contributed by atoms with van der Waals surface area (Å²) < 4.78 is 10.9. The zero-order valence-electron chi connectivity index (χ0n) is 9.76. The summed E-state index contributed by atoms with van der Waals surface area (Å²) in [7, 11) is 1.84. The van der Waals surface area contributed by atoms with Crippen LogP contribution < -0.4 is 5.32 Å². The van der Waals surface area contributed by atoms with Crippen LogP contribution in [0.15, 0.2) is 0 Å². The van der Waals surface area contributed by atoms with Gasteiger partial charge >= 0.3 is 0 Å². The molecule has 88 valence electrons. The van der Waals surface area contributed by atoms with E-state index in [9.17, 15) is 0 Å². The van der Waals surface area contributed by atoms with Crippen LogP contribution in [0.25, 0.3) is 0 Å². The third-order valence-electron chi connectivity index (χ3n) is 3.92. The van der Waals surface area contributed by atoms with Crippen molar-refractivity contribution in [3.63, 3.8) is 0 Å². The lowest BCUT2D eigenvalue weighted by molar-refractivity contribution is -0.0701. The predicted molar refractivity (Wildman–Crippen MR) is 60.0 cm³/mol. The lowest BCUT2D eigenvalue weighted by Crippen LogP contribution is -2.49. The smallest absolute Gasteiger partial charge is 0.0802 e. The van der Waals surface area contributed by atoms with Gasteiger partial charge in [-0.2, -0.15) is 0 Å². The normalized spacial score (nSPS) is 26.2. The zero-order chi connectivity index (χ0) is 10.6. The largest absolute Gasteiger partial charge is 0.381 e. The van der Waals surface area contributed by atoms with E-state index >= 15 is 0 Å². The van der Waals surface area contributed by atoms with E-state index in [4.69, 9.17) is 9.47 Å². The van der Waals surface area contributed by atoms with Gasteiger partial charge in [-0.05, 0) is 44.6 Å². The average molecular weight is 213 g/mol. The highest BCUT2D eigenvalue weighted by Crippen LogP contribution is 2.34. The van der Waals surface area contributed by atoms with Gasteiger partial charge in [0.15, 0.2) is 0 Å². The molecule has 0 spiro atoms. The molecular formula is C12H23NO2. The van der Waals surface area contributed by atoms with Gasteiger partial charge in [-0.1, -0.05) is 0 Å². The molecular weight excluding hydrogens is 190 g/mol. The second-order valence-electron chi connectivity index (χ2n) is 4.93. The summed E-state index contributed by atoms with van der Waals surface area (Å²) in [6.45, 7) is 4.05. The molecule has 0 amide bonds. The molecule has 0 aromatic carbocycles. The van der Waals surface area contributed by atoms with Crippen molar-refractivity contribution in [3.05, 3.63) is 0 Å². The Morgan fingerprint density at radius 1 is 1.33 bits per heavy atom. The first-order valence-corrected chi connectivity index (χ1v) is 6.18. The Bertz CT molecular complexity index is 181. The molecule has 2 aliphatic rings. The first-order valence-electron chi connectivity index (χ1n) is 6.18. The minimum Gasteiger partial charge on any atom is -0.381 e. The summed E-state index contributed by atoms with van der Waals surface area (Å²) in [5.41, 5.74) is 0.172. The van der Waals surface area contributed by atoms with Crippen LogP contribution in [0.1, 0.15) is 32.1 Å². The fourth-order valence-electron chi connectivity index (χ4n) is 2.48. The molecule has 1 saturated heterocycles. The monoisotopic (exact) mass is 213 g/mol. The van der Waals surface area contributed by atoms with E-state index in [1.165, 1.54) is 32.1 Å². The zero-order valence-corrected chi connectivity index (χ0v) is 9.76. The fourth-order valence-corrected chi connectivity index (χ4v) is 2.48. The van der Waals surface area contributed by atoms with Crippen molar-refractivity contribution in [2.45, 2.75) is 37.7 Å². The van der Waals surface area contributed by atoms with Crippen LogP contribution in [0.2, 0.25) is 0 Å². The third-order valence-corrected chi connectivity index (χ3v) is 3.92. The van der Waals surface area contributed by atoms with Crippen molar-refractivity contribution in [3.8, 4) is 0 Å². The van der Waals surface area contributed by atoms with E-state index < -0.39 is 0 Å². The summed E-state index contributed by atoms with van der Waals surface area (Å²) in [6, 6.07) is 0. The Morgan fingerprint density at radius 2 is 2.07 bits per heavy atom. The maximum absolute atomic E-state index is 5.58. The minimum absolute atomic E-state index is 0.172. The molecule has 1 aliphatic heterocycles. The second kappa shape index (κ2) is 5.28. The maximum Gasteiger partial charge on any atom is 0.0802 e. The van der Waals surface area contributed by atoms with Crippen molar-refractivity contribution in [1.82, 2.24) is 5.32 Å². The van der Waals surface area contributed by atoms with Crippen molar-refractivity contribution in [2.24, 2.45) is 5.92 Å². The molecule has 0 radical (unpaired) electrons. The van der Waals surface area contributed by atoms with Crippen molar-refractivity contribution in [1.29, 1.82) is 0 Å². The van der Waals surface area contributed by atoms with Crippen molar-refractivity contribution < 1.29 is 9.47 Å². The quantitative estimate of drug-likeness (QED) is 0.752. The number of hydrogen-bond donors (Lipinski definition) is 1. The van der Waals surface area contributed by atoms with Crippen LogP contribution >= 0.6 is 0 Å². The molecule has 0 unspecified atom stereocenters.